The highest BCUT2D eigenvalue weighted by molar-refractivity contribution is 6.03. The summed E-state index contributed by atoms with van der Waals surface area (Å²) in [7, 11) is 0. The maximum atomic E-state index is 12.7. The van der Waals surface area contributed by atoms with Gasteiger partial charge in [-0.05, 0) is 29.8 Å². The second kappa shape index (κ2) is 9.24. The second-order valence-corrected chi connectivity index (χ2v) is 8.10. The van der Waals surface area contributed by atoms with Crippen molar-refractivity contribution in [2.24, 2.45) is 0 Å². The van der Waals surface area contributed by atoms with E-state index in [1.165, 1.54) is 0 Å². The Morgan fingerprint density at radius 1 is 0.971 bits per heavy atom. The predicted molar refractivity (Wildman–Crippen MR) is 127 cm³/mol. The molecule has 6 N–H and O–H groups in total. The van der Waals surface area contributed by atoms with Gasteiger partial charge < -0.3 is 35.7 Å². The standard InChI is InChI=1S/C25H24N4O5/c30-13-20-21(31)22(32)23(34-20)24-27-18-11-10-15(12-19(18)28-24)26-25(33)29-17-9-5-4-8-16(17)14-6-2-1-3-7-14/h1-12,20-23,30-32H,13H2,(H,27,28)(H2,26,29,33)/t20-,21-,22-,23-/m1/s1. The lowest BCUT2D eigenvalue weighted by atomic mass is 10.0. The third-order valence-corrected chi connectivity index (χ3v) is 5.83. The number of benzene rings is 3. The molecule has 4 aromatic rings. The van der Waals surface area contributed by atoms with Crippen LogP contribution in [0.2, 0.25) is 0 Å². The molecule has 2 heterocycles. The Kier molecular flexibility index (Phi) is 5.99. The Bertz CT molecular complexity index is 1310. The van der Waals surface area contributed by atoms with Crippen LogP contribution in [0.25, 0.3) is 22.2 Å². The highest BCUT2D eigenvalue weighted by Gasteiger charge is 2.44. The van der Waals surface area contributed by atoms with Crippen LogP contribution in [0.3, 0.4) is 0 Å². The highest BCUT2D eigenvalue weighted by Crippen LogP contribution is 2.33. The number of H-pyrrole nitrogens is 1. The number of hydrogen-bond acceptors (Lipinski definition) is 6. The van der Waals surface area contributed by atoms with Crippen LogP contribution in [0.4, 0.5) is 16.2 Å². The minimum absolute atomic E-state index is 0.330. The van der Waals surface area contributed by atoms with E-state index in [-0.39, 0.29) is 0 Å². The molecule has 0 bridgehead atoms. The fraction of sp³-hybridized carbons (Fsp3) is 0.200. The minimum Gasteiger partial charge on any atom is -0.394 e. The zero-order chi connectivity index (χ0) is 23.7. The number of urea groups is 1. The number of nitrogens with zero attached hydrogens (tertiary/aromatic N) is 1. The lowest BCUT2D eigenvalue weighted by Gasteiger charge is -2.12. The van der Waals surface area contributed by atoms with Gasteiger partial charge in [-0.1, -0.05) is 48.5 Å². The number of nitrogens with one attached hydrogen (secondary N) is 3. The molecule has 9 heteroatoms. The number of amides is 2. The Labute approximate surface area is 195 Å². The zero-order valence-corrected chi connectivity index (χ0v) is 18.1. The number of aromatic amines is 1. The molecule has 1 fully saturated rings. The quantitative estimate of drug-likeness (QED) is 0.271. The number of aliphatic hydroxyl groups is 3. The Balaban J connectivity index is 1.32. The molecule has 1 aromatic heterocycles. The number of para-hydroxylation sites is 1. The van der Waals surface area contributed by atoms with Gasteiger partial charge in [0.2, 0.25) is 0 Å². The molecule has 34 heavy (non-hydrogen) atoms. The van der Waals surface area contributed by atoms with Gasteiger partial charge in [-0.25, -0.2) is 9.78 Å². The van der Waals surface area contributed by atoms with Crippen LogP contribution in [-0.4, -0.2) is 56.2 Å². The molecule has 9 nitrogen and oxygen atoms in total. The van der Waals surface area contributed by atoms with Gasteiger partial charge in [0, 0.05) is 11.3 Å². The van der Waals surface area contributed by atoms with E-state index in [9.17, 15) is 20.1 Å². The van der Waals surface area contributed by atoms with Crippen LogP contribution < -0.4 is 10.6 Å². The number of aliphatic hydroxyl groups excluding tert-OH is 3. The van der Waals surface area contributed by atoms with E-state index >= 15 is 0 Å². The largest absolute Gasteiger partial charge is 0.394 e. The van der Waals surface area contributed by atoms with Crippen molar-refractivity contribution >= 4 is 28.4 Å². The fourth-order valence-corrected chi connectivity index (χ4v) is 4.11. The summed E-state index contributed by atoms with van der Waals surface area (Å²) >= 11 is 0. The Morgan fingerprint density at radius 2 is 1.74 bits per heavy atom. The lowest BCUT2D eigenvalue weighted by molar-refractivity contribution is -0.0249. The van der Waals surface area contributed by atoms with Crippen LogP contribution >= 0.6 is 0 Å². The van der Waals surface area contributed by atoms with E-state index in [2.05, 4.69) is 20.6 Å². The fourth-order valence-electron chi connectivity index (χ4n) is 4.11. The van der Waals surface area contributed by atoms with Crippen molar-refractivity contribution in [3.05, 3.63) is 78.6 Å². The van der Waals surface area contributed by atoms with E-state index in [1.54, 1.807) is 18.2 Å². The smallest absolute Gasteiger partial charge is 0.323 e. The molecule has 0 aliphatic carbocycles. The van der Waals surface area contributed by atoms with E-state index in [1.807, 2.05) is 54.6 Å². The van der Waals surface area contributed by atoms with Crippen molar-refractivity contribution < 1.29 is 24.9 Å². The van der Waals surface area contributed by atoms with E-state index in [0.717, 1.165) is 11.1 Å². The van der Waals surface area contributed by atoms with Crippen molar-refractivity contribution in [2.75, 3.05) is 17.2 Å². The number of carbonyl (C=O) groups is 1. The van der Waals surface area contributed by atoms with Crippen LogP contribution in [0.15, 0.2) is 72.8 Å². The molecule has 5 rings (SSSR count). The molecular weight excluding hydrogens is 436 g/mol. The summed E-state index contributed by atoms with van der Waals surface area (Å²) in [6.45, 7) is -0.411. The number of hydrogen-bond donors (Lipinski definition) is 6. The first-order chi connectivity index (χ1) is 16.5. The summed E-state index contributed by atoms with van der Waals surface area (Å²) in [4.78, 5) is 20.2. The second-order valence-electron chi connectivity index (χ2n) is 8.10. The van der Waals surface area contributed by atoms with Crippen LogP contribution in [0.5, 0.6) is 0 Å². The number of carbonyl (C=O) groups excluding carboxylic acids is 1. The molecule has 1 saturated heterocycles. The molecule has 1 aliphatic rings. The van der Waals surface area contributed by atoms with Gasteiger partial charge in [0.15, 0.2) is 0 Å². The maximum absolute atomic E-state index is 12.7. The predicted octanol–water partition coefficient (Wildman–Crippen LogP) is 3.03. The normalized spacial score (nSPS) is 22.1. The summed E-state index contributed by atoms with van der Waals surface area (Å²) in [5.74, 6) is 0.330. The SMILES string of the molecule is O=C(Nc1ccc2nc([C@@H]3O[C@H](CO)[C@@H](O)[C@H]3O)[nH]c2c1)Nc1ccccc1-c1ccccc1. The third kappa shape index (κ3) is 4.25. The highest BCUT2D eigenvalue weighted by atomic mass is 16.6. The van der Waals surface area contributed by atoms with Crippen molar-refractivity contribution in [3.8, 4) is 11.1 Å². The minimum atomic E-state index is -1.22. The zero-order valence-electron chi connectivity index (χ0n) is 18.1. The van der Waals surface area contributed by atoms with Gasteiger partial charge in [0.05, 0.1) is 23.3 Å². The van der Waals surface area contributed by atoms with Gasteiger partial charge in [-0.15, -0.1) is 0 Å². The Morgan fingerprint density at radius 3 is 2.50 bits per heavy atom. The van der Waals surface area contributed by atoms with Gasteiger partial charge in [0.25, 0.3) is 0 Å². The number of rotatable bonds is 5. The average Bonchev–Trinajstić information content (AvgIpc) is 3.40. The van der Waals surface area contributed by atoms with E-state index in [4.69, 9.17) is 4.74 Å². The third-order valence-electron chi connectivity index (χ3n) is 5.83. The van der Waals surface area contributed by atoms with Crippen molar-refractivity contribution in [1.29, 1.82) is 0 Å². The van der Waals surface area contributed by atoms with Crippen molar-refractivity contribution in [2.45, 2.75) is 24.4 Å². The van der Waals surface area contributed by atoms with Gasteiger partial charge in [0.1, 0.15) is 30.2 Å². The number of anilines is 2. The first-order valence-corrected chi connectivity index (χ1v) is 10.9. The van der Waals surface area contributed by atoms with Crippen molar-refractivity contribution in [1.82, 2.24) is 9.97 Å². The van der Waals surface area contributed by atoms with Crippen LogP contribution in [-0.2, 0) is 4.74 Å². The molecule has 4 atom stereocenters. The van der Waals surface area contributed by atoms with E-state index in [0.29, 0.717) is 28.2 Å². The molecule has 3 aromatic carbocycles. The van der Waals surface area contributed by atoms with Crippen LogP contribution in [0, 0.1) is 0 Å². The first-order valence-electron chi connectivity index (χ1n) is 10.9. The average molecular weight is 460 g/mol. The summed E-state index contributed by atoms with van der Waals surface area (Å²) in [6, 6.07) is 22.1. The summed E-state index contributed by atoms with van der Waals surface area (Å²) in [5, 5.41) is 35.2. The molecule has 2 amide bonds. The lowest BCUT2D eigenvalue weighted by Crippen LogP contribution is -2.32. The molecule has 0 saturated carbocycles. The van der Waals surface area contributed by atoms with Crippen LogP contribution in [0.1, 0.15) is 11.9 Å². The number of fused-ring (bicyclic) bond motifs is 1. The van der Waals surface area contributed by atoms with E-state index < -0.39 is 37.1 Å². The summed E-state index contributed by atoms with van der Waals surface area (Å²) in [5.41, 5.74) is 4.35. The van der Waals surface area contributed by atoms with Gasteiger partial charge >= 0.3 is 6.03 Å². The monoisotopic (exact) mass is 460 g/mol. The molecule has 0 radical (unpaired) electrons. The number of aromatic nitrogens is 2. The maximum Gasteiger partial charge on any atom is 0.323 e. The number of imidazole rings is 1. The number of ether oxygens (including phenoxy) is 1. The van der Waals surface area contributed by atoms with Crippen molar-refractivity contribution in [3.63, 3.8) is 0 Å². The molecule has 0 spiro atoms. The summed E-state index contributed by atoms with van der Waals surface area (Å²) in [6.07, 6.45) is -4.20. The van der Waals surface area contributed by atoms with Gasteiger partial charge in [-0.2, -0.15) is 0 Å². The first kappa shape index (κ1) is 22.1. The van der Waals surface area contributed by atoms with Gasteiger partial charge in [-0.3, -0.25) is 0 Å². The molecule has 174 valence electrons. The molecule has 0 unspecified atom stereocenters. The summed E-state index contributed by atoms with van der Waals surface area (Å²) < 4.78 is 5.54. The molecule has 1 aliphatic heterocycles. The molecular formula is C25H24N4O5. The Hall–Kier alpha value is -3.76. The topological polar surface area (TPSA) is 140 Å².